The fourth-order valence-electron chi connectivity index (χ4n) is 1.38. The normalized spacial score (nSPS) is 11.7. The SMILES string of the molecule is CC(C)(C)c1ccc(Sc2ccccc2)s1. The van der Waals surface area contributed by atoms with E-state index in [9.17, 15) is 0 Å². The average molecular weight is 248 g/mol. The van der Waals surface area contributed by atoms with Crippen LogP contribution in [0.5, 0.6) is 0 Å². The van der Waals surface area contributed by atoms with Crippen molar-refractivity contribution in [2.75, 3.05) is 0 Å². The van der Waals surface area contributed by atoms with Gasteiger partial charge in [0, 0.05) is 9.77 Å². The van der Waals surface area contributed by atoms with E-state index in [0.717, 1.165) is 0 Å². The van der Waals surface area contributed by atoms with E-state index in [-0.39, 0.29) is 5.41 Å². The van der Waals surface area contributed by atoms with Gasteiger partial charge in [0.05, 0.1) is 4.21 Å². The Kier molecular flexibility index (Phi) is 3.41. The quantitative estimate of drug-likeness (QED) is 0.704. The summed E-state index contributed by atoms with van der Waals surface area (Å²) in [6.07, 6.45) is 0. The molecule has 0 N–H and O–H groups in total. The first-order valence-electron chi connectivity index (χ1n) is 5.39. The second-order valence-corrected chi connectivity index (χ2v) is 7.24. The molecule has 0 amide bonds. The minimum absolute atomic E-state index is 0.264. The molecule has 0 spiro atoms. The van der Waals surface area contributed by atoms with Crippen LogP contribution in [0.15, 0.2) is 51.6 Å². The van der Waals surface area contributed by atoms with Crippen LogP contribution in [-0.4, -0.2) is 0 Å². The highest BCUT2D eigenvalue weighted by molar-refractivity contribution is 8.01. The zero-order chi connectivity index (χ0) is 11.6. The van der Waals surface area contributed by atoms with E-state index in [0.29, 0.717) is 0 Å². The molecule has 16 heavy (non-hydrogen) atoms. The highest BCUT2D eigenvalue weighted by atomic mass is 32.2. The van der Waals surface area contributed by atoms with Crippen molar-refractivity contribution in [2.45, 2.75) is 35.3 Å². The lowest BCUT2D eigenvalue weighted by Gasteiger charge is -2.15. The van der Waals surface area contributed by atoms with Crippen molar-refractivity contribution >= 4 is 23.1 Å². The predicted octanol–water partition coefficient (Wildman–Crippen LogP) is 5.20. The van der Waals surface area contributed by atoms with Crippen molar-refractivity contribution in [3.05, 3.63) is 47.3 Å². The average Bonchev–Trinajstić information content (AvgIpc) is 2.67. The summed E-state index contributed by atoms with van der Waals surface area (Å²) in [6, 6.07) is 15.0. The van der Waals surface area contributed by atoms with E-state index in [4.69, 9.17) is 0 Å². The maximum atomic E-state index is 2.26. The molecule has 0 saturated carbocycles. The van der Waals surface area contributed by atoms with Gasteiger partial charge in [0.1, 0.15) is 0 Å². The molecule has 2 heteroatoms. The van der Waals surface area contributed by atoms with E-state index in [2.05, 4.69) is 63.2 Å². The third-order valence-corrected chi connectivity index (χ3v) is 4.93. The van der Waals surface area contributed by atoms with Gasteiger partial charge in [-0.05, 0) is 29.7 Å². The van der Waals surface area contributed by atoms with Crippen LogP contribution in [0.4, 0.5) is 0 Å². The molecule has 0 radical (unpaired) electrons. The molecule has 0 aliphatic heterocycles. The van der Waals surface area contributed by atoms with E-state index in [1.54, 1.807) is 0 Å². The van der Waals surface area contributed by atoms with Gasteiger partial charge in [-0.3, -0.25) is 0 Å². The third kappa shape index (κ3) is 2.89. The Bertz CT molecular complexity index is 449. The summed E-state index contributed by atoms with van der Waals surface area (Å²) < 4.78 is 1.37. The van der Waals surface area contributed by atoms with Gasteiger partial charge in [0.15, 0.2) is 0 Å². The molecule has 1 heterocycles. The van der Waals surface area contributed by atoms with E-state index in [1.165, 1.54) is 14.0 Å². The van der Waals surface area contributed by atoms with E-state index < -0.39 is 0 Å². The number of hydrogen-bond acceptors (Lipinski definition) is 2. The Morgan fingerprint density at radius 3 is 2.19 bits per heavy atom. The predicted molar refractivity (Wildman–Crippen MR) is 73.6 cm³/mol. The van der Waals surface area contributed by atoms with Gasteiger partial charge in [-0.1, -0.05) is 50.7 Å². The highest BCUT2D eigenvalue weighted by Gasteiger charge is 2.16. The van der Waals surface area contributed by atoms with Crippen molar-refractivity contribution in [1.82, 2.24) is 0 Å². The lowest BCUT2D eigenvalue weighted by Crippen LogP contribution is -2.07. The van der Waals surface area contributed by atoms with Gasteiger partial charge < -0.3 is 0 Å². The zero-order valence-electron chi connectivity index (χ0n) is 9.86. The van der Waals surface area contributed by atoms with E-state index in [1.807, 2.05) is 23.1 Å². The molecule has 2 rings (SSSR count). The molecule has 0 nitrogen and oxygen atoms in total. The van der Waals surface area contributed by atoms with Crippen LogP contribution in [0.3, 0.4) is 0 Å². The second-order valence-electron chi connectivity index (χ2n) is 4.78. The third-order valence-electron chi connectivity index (χ3n) is 2.28. The maximum Gasteiger partial charge on any atom is 0.0649 e. The molecular weight excluding hydrogens is 232 g/mol. The van der Waals surface area contributed by atoms with Crippen molar-refractivity contribution in [2.24, 2.45) is 0 Å². The monoisotopic (exact) mass is 248 g/mol. The summed E-state index contributed by atoms with van der Waals surface area (Å²) >= 11 is 3.74. The zero-order valence-corrected chi connectivity index (χ0v) is 11.5. The topological polar surface area (TPSA) is 0 Å². The largest absolute Gasteiger partial charge is 0.133 e. The van der Waals surface area contributed by atoms with Crippen LogP contribution in [0.25, 0.3) is 0 Å². The fraction of sp³-hybridized carbons (Fsp3) is 0.286. The molecule has 1 aromatic heterocycles. The summed E-state index contributed by atoms with van der Waals surface area (Å²) in [5.74, 6) is 0. The van der Waals surface area contributed by atoms with Gasteiger partial charge in [-0.15, -0.1) is 11.3 Å². The highest BCUT2D eigenvalue weighted by Crippen LogP contribution is 2.37. The van der Waals surface area contributed by atoms with E-state index >= 15 is 0 Å². The summed E-state index contributed by atoms with van der Waals surface area (Å²) in [6.45, 7) is 6.78. The summed E-state index contributed by atoms with van der Waals surface area (Å²) in [7, 11) is 0. The Hall–Kier alpha value is -0.730. The molecule has 0 bridgehead atoms. The Morgan fingerprint density at radius 1 is 0.938 bits per heavy atom. The lowest BCUT2D eigenvalue weighted by molar-refractivity contribution is 0.604. The van der Waals surface area contributed by atoms with Crippen LogP contribution in [0.1, 0.15) is 25.6 Å². The van der Waals surface area contributed by atoms with Gasteiger partial charge in [-0.25, -0.2) is 0 Å². The van der Waals surface area contributed by atoms with Crippen LogP contribution in [0.2, 0.25) is 0 Å². The van der Waals surface area contributed by atoms with Gasteiger partial charge in [0.2, 0.25) is 0 Å². The molecule has 0 saturated heterocycles. The molecule has 2 aromatic rings. The van der Waals surface area contributed by atoms with Crippen molar-refractivity contribution in [3.8, 4) is 0 Å². The van der Waals surface area contributed by atoms with Crippen LogP contribution < -0.4 is 0 Å². The summed E-state index contributed by atoms with van der Waals surface area (Å²) in [5, 5.41) is 0. The van der Waals surface area contributed by atoms with Crippen molar-refractivity contribution in [1.29, 1.82) is 0 Å². The lowest BCUT2D eigenvalue weighted by atomic mass is 9.95. The molecular formula is C14H16S2. The Labute approximate surface area is 106 Å². The maximum absolute atomic E-state index is 2.26. The molecule has 0 aliphatic carbocycles. The Balaban J connectivity index is 2.15. The second kappa shape index (κ2) is 4.64. The molecule has 0 aliphatic rings. The van der Waals surface area contributed by atoms with Crippen LogP contribution >= 0.6 is 23.1 Å². The van der Waals surface area contributed by atoms with Gasteiger partial charge in [0.25, 0.3) is 0 Å². The first-order chi connectivity index (χ1) is 7.55. The van der Waals surface area contributed by atoms with Crippen molar-refractivity contribution in [3.63, 3.8) is 0 Å². The number of hydrogen-bond donors (Lipinski definition) is 0. The minimum Gasteiger partial charge on any atom is -0.133 e. The molecule has 84 valence electrons. The minimum atomic E-state index is 0.264. The fourth-order valence-corrected chi connectivity index (χ4v) is 3.56. The number of benzene rings is 1. The smallest absolute Gasteiger partial charge is 0.0649 e. The summed E-state index contributed by atoms with van der Waals surface area (Å²) in [5.41, 5.74) is 0.264. The van der Waals surface area contributed by atoms with Crippen LogP contribution in [0, 0.1) is 0 Å². The van der Waals surface area contributed by atoms with Crippen LogP contribution in [-0.2, 0) is 5.41 Å². The molecule has 1 aromatic carbocycles. The molecule has 0 fully saturated rings. The summed E-state index contributed by atoms with van der Waals surface area (Å²) in [4.78, 5) is 2.76. The first-order valence-corrected chi connectivity index (χ1v) is 7.02. The molecule has 0 atom stereocenters. The Morgan fingerprint density at radius 2 is 1.62 bits per heavy atom. The standard InChI is InChI=1S/C14H16S2/c1-14(2,3)12-9-10-13(16-12)15-11-7-5-4-6-8-11/h4-10H,1-3H3. The van der Waals surface area contributed by atoms with Crippen molar-refractivity contribution < 1.29 is 0 Å². The van der Waals surface area contributed by atoms with Gasteiger partial charge >= 0.3 is 0 Å². The van der Waals surface area contributed by atoms with Gasteiger partial charge in [-0.2, -0.15) is 0 Å². The first kappa shape index (κ1) is 11.7. The number of thiophene rings is 1. The number of rotatable bonds is 2. The molecule has 0 unspecified atom stereocenters.